The third-order valence-electron chi connectivity index (χ3n) is 11.1. The van der Waals surface area contributed by atoms with E-state index in [1.54, 1.807) is 0 Å². The van der Waals surface area contributed by atoms with Gasteiger partial charge in [0.2, 0.25) is 0 Å². The molecule has 0 radical (unpaired) electrons. The molecule has 0 saturated heterocycles. The highest BCUT2D eigenvalue weighted by atomic mass is 32.1. The van der Waals surface area contributed by atoms with Gasteiger partial charge in [-0.25, -0.2) is 0 Å². The molecule has 0 unspecified atom stereocenters. The molecule has 0 atom stereocenters. The quantitative estimate of drug-likeness (QED) is 0.177. The largest absolute Gasteiger partial charge is 0.355 e. The van der Waals surface area contributed by atoms with Crippen LogP contribution in [-0.4, -0.2) is 0 Å². The van der Waals surface area contributed by atoms with Gasteiger partial charge in [-0.1, -0.05) is 123 Å². The van der Waals surface area contributed by atoms with Crippen molar-refractivity contribution in [2.75, 3.05) is 10.2 Å². The van der Waals surface area contributed by atoms with Crippen molar-refractivity contribution in [3.05, 3.63) is 199 Å². The van der Waals surface area contributed by atoms with Crippen molar-refractivity contribution in [1.29, 1.82) is 0 Å². The van der Waals surface area contributed by atoms with E-state index in [9.17, 15) is 0 Å². The highest BCUT2D eigenvalue weighted by Crippen LogP contribution is 2.52. The molecule has 0 amide bonds. The number of nitrogens with one attached hydrogen (secondary N) is 1. The molecule has 1 aliphatic carbocycles. The molecule has 9 aromatic rings. The second-order valence-corrected chi connectivity index (χ2v) is 15.8. The molecule has 1 aromatic heterocycles. The van der Waals surface area contributed by atoms with Crippen molar-refractivity contribution < 1.29 is 0 Å². The van der Waals surface area contributed by atoms with Crippen LogP contribution in [0.5, 0.6) is 0 Å². The maximum Gasteiger partial charge on any atom is 0.0467 e. The molecule has 10 rings (SSSR count). The third kappa shape index (κ3) is 5.48. The predicted molar refractivity (Wildman–Crippen MR) is 232 cm³/mol. The Kier molecular flexibility index (Phi) is 7.71. The number of hydrogen-bond donors (Lipinski definition) is 1. The Bertz CT molecular complexity index is 2760. The lowest BCUT2D eigenvalue weighted by molar-refractivity contribution is 0.660. The summed E-state index contributed by atoms with van der Waals surface area (Å²) in [6.07, 6.45) is 0. The number of fused-ring (bicyclic) bond motifs is 6. The molecule has 258 valence electrons. The Morgan fingerprint density at radius 1 is 0.426 bits per heavy atom. The molecule has 0 fully saturated rings. The molecule has 2 nitrogen and oxygen atoms in total. The van der Waals surface area contributed by atoms with Crippen LogP contribution in [0, 0.1) is 0 Å². The highest BCUT2D eigenvalue weighted by Gasteiger charge is 2.36. The van der Waals surface area contributed by atoms with Gasteiger partial charge in [-0.3, -0.25) is 0 Å². The molecule has 0 spiro atoms. The molecular formula is C51H38N2S. The van der Waals surface area contributed by atoms with Gasteiger partial charge in [-0.05, 0) is 118 Å². The lowest BCUT2D eigenvalue weighted by Crippen LogP contribution is -2.15. The summed E-state index contributed by atoms with van der Waals surface area (Å²) in [5.41, 5.74) is 15.7. The third-order valence-corrected chi connectivity index (χ3v) is 12.2. The average molecular weight is 711 g/mol. The fourth-order valence-corrected chi connectivity index (χ4v) is 9.38. The summed E-state index contributed by atoms with van der Waals surface area (Å²) in [4.78, 5) is 2.30. The second-order valence-electron chi connectivity index (χ2n) is 14.7. The number of anilines is 5. The minimum absolute atomic E-state index is 0.0962. The van der Waals surface area contributed by atoms with E-state index >= 15 is 0 Å². The zero-order valence-electron chi connectivity index (χ0n) is 30.3. The van der Waals surface area contributed by atoms with Crippen LogP contribution in [0.15, 0.2) is 188 Å². The van der Waals surface area contributed by atoms with Crippen molar-refractivity contribution in [1.82, 2.24) is 0 Å². The number of hydrogen-bond acceptors (Lipinski definition) is 3. The lowest BCUT2D eigenvalue weighted by atomic mass is 9.81. The fourth-order valence-electron chi connectivity index (χ4n) is 8.29. The molecule has 1 N–H and O–H groups in total. The molecule has 0 bridgehead atoms. The van der Waals surface area contributed by atoms with E-state index in [2.05, 4.69) is 212 Å². The van der Waals surface area contributed by atoms with E-state index in [0.29, 0.717) is 0 Å². The van der Waals surface area contributed by atoms with Crippen molar-refractivity contribution in [3.8, 4) is 33.4 Å². The monoisotopic (exact) mass is 710 g/mol. The Labute approximate surface area is 320 Å². The number of nitrogens with zero attached hydrogens (tertiary/aromatic N) is 1. The van der Waals surface area contributed by atoms with Crippen LogP contribution >= 0.6 is 11.3 Å². The van der Waals surface area contributed by atoms with Crippen LogP contribution in [-0.2, 0) is 5.41 Å². The Morgan fingerprint density at radius 2 is 1.00 bits per heavy atom. The molecule has 54 heavy (non-hydrogen) atoms. The first kappa shape index (κ1) is 32.2. The van der Waals surface area contributed by atoms with Gasteiger partial charge in [-0.2, -0.15) is 0 Å². The maximum atomic E-state index is 3.88. The molecule has 3 heteroatoms. The molecule has 1 aliphatic rings. The van der Waals surface area contributed by atoms with Gasteiger partial charge in [0.15, 0.2) is 0 Å². The number of para-hydroxylation sites is 2. The molecule has 8 aromatic carbocycles. The average Bonchev–Trinajstić information content (AvgIpc) is 3.70. The van der Waals surface area contributed by atoms with Crippen LogP contribution in [0.4, 0.5) is 28.4 Å². The van der Waals surface area contributed by atoms with Crippen LogP contribution < -0.4 is 10.2 Å². The van der Waals surface area contributed by atoms with Crippen LogP contribution in [0.2, 0.25) is 0 Å². The zero-order chi connectivity index (χ0) is 36.2. The summed E-state index contributed by atoms with van der Waals surface area (Å²) in [6, 6.07) is 68.3. The molecule has 0 saturated carbocycles. The summed E-state index contributed by atoms with van der Waals surface area (Å²) >= 11 is 1.86. The zero-order valence-corrected chi connectivity index (χ0v) is 31.1. The van der Waals surface area contributed by atoms with E-state index in [0.717, 1.165) is 28.4 Å². The van der Waals surface area contributed by atoms with Gasteiger partial charge in [0.05, 0.1) is 0 Å². The first-order chi connectivity index (χ1) is 26.5. The Balaban J connectivity index is 1.01. The van der Waals surface area contributed by atoms with Gasteiger partial charge in [0.1, 0.15) is 0 Å². The van der Waals surface area contributed by atoms with Crippen molar-refractivity contribution >= 4 is 59.9 Å². The number of rotatable bonds is 7. The first-order valence-corrected chi connectivity index (χ1v) is 19.4. The Morgan fingerprint density at radius 3 is 1.72 bits per heavy atom. The van der Waals surface area contributed by atoms with Gasteiger partial charge in [0.25, 0.3) is 0 Å². The summed E-state index contributed by atoms with van der Waals surface area (Å²) in [6.45, 7) is 4.70. The van der Waals surface area contributed by atoms with Gasteiger partial charge < -0.3 is 10.2 Å². The van der Waals surface area contributed by atoms with Crippen molar-refractivity contribution in [2.45, 2.75) is 19.3 Å². The van der Waals surface area contributed by atoms with Crippen LogP contribution in [0.25, 0.3) is 53.6 Å². The maximum absolute atomic E-state index is 3.88. The molecular weight excluding hydrogens is 673 g/mol. The van der Waals surface area contributed by atoms with Crippen LogP contribution in [0.1, 0.15) is 25.0 Å². The van der Waals surface area contributed by atoms with E-state index in [1.807, 2.05) is 11.3 Å². The summed E-state index contributed by atoms with van der Waals surface area (Å²) in [5, 5.41) is 6.51. The second kappa shape index (κ2) is 12.9. The standard InChI is InChI=1S/C51H38N2S/c1-51(2)46-19-11-9-17-41(46)44-32-43(36-25-30-50-45(31-36)42-18-10-12-20-49(42)54-50)48(33-47(44)51)52-37-26-21-34(22-27-37)35-23-28-40(29-24-35)53(38-13-5-3-6-14-38)39-15-7-4-8-16-39/h3-33,52H,1-2H3. The van der Waals surface area contributed by atoms with E-state index in [1.165, 1.54) is 64.7 Å². The van der Waals surface area contributed by atoms with Crippen molar-refractivity contribution in [3.63, 3.8) is 0 Å². The molecule has 0 aliphatic heterocycles. The van der Waals surface area contributed by atoms with Crippen LogP contribution in [0.3, 0.4) is 0 Å². The van der Waals surface area contributed by atoms with Gasteiger partial charge >= 0.3 is 0 Å². The minimum Gasteiger partial charge on any atom is -0.355 e. The number of thiophene rings is 1. The highest BCUT2D eigenvalue weighted by molar-refractivity contribution is 7.25. The lowest BCUT2D eigenvalue weighted by Gasteiger charge is -2.25. The van der Waals surface area contributed by atoms with Crippen molar-refractivity contribution in [2.24, 2.45) is 0 Å². The molecule has 1 heterocycles. The number of benzene rings is 8. The van der Waals surface area contributed by atoms with E-state index in [-0.39, 0.29) is 5.41 Å². The predicted octanol–water partition coefficient (Wildman–Crippen LogP) is 14.9. The van der Waals surface area contributed by atoms with Gasteiger partial charge in [0, 0.05) is 59.6 Å². The summed E-state index contributed by atoms with van der Waals surface area (Å²) in [7, 11) is 0. The summed E-state index contributed by atoms with van der Waals surface area (Å²) < 4.78 is 2.64. The van der Waals surface area contributed by atoms with Gasteiger partial charge in [-0.15, -0.1) is 11.3 Å². The first-order valence-electron chi connectivity index (χ1n) is 18.6. The fraction of sp³-hybridized carbons (Fsp3) is 0.0588. The SMILES string of the molecule is CC1(C)c2ccccc2-c2cc(-c3ccc4sc5ccccc5c4c3)c(Nc3ccc(-c4ccc(N(c5ccccc5)c5ccccc5)cc4)cc3)cc21. The smallest absolute Gasteiger partial charge is 0.0467 e. The normalized spacial score (nSPS) is 12.8. The minimum atomic E-state index is -0.0962. The summed E-state index contributed by atoms with van der Waals surface area (Å²) in [5.74, 6) is 0. The Hall–Kier alpha value is -6.42. The van der Waals surface area contributed by atoms with E-state index in [4.69, 9.17) is 0 Å². The topological polar surface area (TPSA) is 15.3 Å². The van der Waals surface area contributed by atoms with E-state index < -0.39 is 0 Å².